The summed E-state index contributed by atoms with van der Waals surface area (Å²) in [5, 5.41) is 6.22. The van der Waals surface area contributed by atoms with E-state index in [1.807, 2.05) is 14.0 Å². The molecule has 0 rings (SSSR count). The van der Waals surface area contributed by atoms with Crippen molar-refractivity contribution in [1.82, 2.24) is 15.5 Å². The molecular weight excluding hydrogens is 379 g/mol. The van der Waals surface area contributed by atoms with Gasteiger partial charge in [-0.25, -0.2) is 0 Å². The molecule has 21 heavy (non-hydrogen) atoms. The van der Waals surface area contributed by atoms with Crippen molar-refractivity contribution in [1.29, 1.82) is 0 Å². The number of carbonyl (C=O) groups is 1. The molecule has 5 nitrogen and oxygen atoms in total. The predicted molar refractivity (Wildman–Crippen MR) is 101 cm³/mol. The van der Waals surface area contributed by atoms with Gasteiger partial charge in [-0.3, -0.25) is 9.79 Å². The Hall–Kier alpha value is -0.530. The van der Waals surface area contributed by atoms with E-state index >= 15 is 0 Å². The molecule has 0 aromatic rings. The van der Waals surface area contributed by atoms with Crippen LogP contribution in [0.2, 0.25) is 0 Å². The number of nitrogens with one attached hydrogen (secondary N) is 2. The Kier molecular flexibility index (Phi) is 15.6. The molecule has 0 aliphatic rings. The lowest BCUT2D eigenvalue weighted by molar-refractivity contribution is -0.121. The molecule has 1 unspecified atom stereocenters. The van der Waals surface area contributed by atoms with Gasteiger partial charge in [0.15, 0.2) is 5.96 Å². The largest absolute Gasteiger partial charge is 0.357 e. The Morgan fingerprint density at radius 3 is 2.48 bits per heavy atom. The highest BCUT2D eigenvalue weighted by Gasteiger charge is 2.07. The molecule has 1 amide bonds. The second-order valence-electron chi connectivity index (χ2n) is 5.14. The Balaban J connectivity index is 0. The van der Waals surface area contributed by atoms with Gasteiger partial charge in [-0.05, 0) is 26.7 Å². The van der Waals surface area contributed by atoms with E-state index in [4.69, 9.17) is 0 Å². The summed E-state index contributed by atoms with van der Waals surface area (Å²) in [6.45, 7) is 10.7. The van der Waals surface area contributed by atoms with Crippen LogP contribution < -0.4 is 10.6 Å². The van der Waals surface area contributed by atoms with Crippen molar-refractivity contribution in [2.24, 2.45) is 4.99 Å². The molecule has 6 heteroatoms. The summed E-state index contributed by atoms with van der Waals surface area (Å²) in [5.41, 5.74) is 0. The number of nitrogens with zero attached hydrogens (tertiary/aromatic N) is 2. The van der Waals surface area contributed by atoms with E-state index in [9.17, 15) is 4.79 Å². The topological polar surface area (TPSA) is 56.7 Å². The fraction of sp³-hybridized carbons (Fsp3) is 0.867. The standard InChI is InChI=1S/C15H32N4O.HI/c1-6-9-12-19(5)15(16-8-3)17-11-10-14(20)18-13(4)7-2;/h13H,6-12H2,1-5H3,(H,16,17)(H,18,20);1H. The molecule has 0 aromatic carbocycles. The lowest BCUT2D eigenvalue weighted by atomic mass is 10.2. The van der Waals surface area contributed by atoms with Crippen LogP contribution in [0.1, 0.15) is 53.4 Å². The second-order valence-corrected chi connectivity index (χ2v) is 5.14. The van der Waals surface area contributed by atoms with Gasteiger partial charge in [-0.1, -0.05) is 20.3 Å². The smallest absolute Gasteiger partial charge is 0.222 e. The third kappa shape index (κ3) is 11.8. The highest BCUT2D eigenvalue weighted by molar-refractivity contribution is 14.0. The fourth-order valence-corrected chi connectivity index (χ4v) is 1.68. The van der Waals surface area contributed by atoms with Gasteiger partial charge in [0.1, 0.15) is 0 Å². The molecule has 0 fully saturated rings. The molecular formula is C15H33IN4O. The normalized spacial score (nSPS) is 12.3. The zero-order chi connectivity index (χ0) is 15.4. The number of carbonyl (C=O) groups excluding carboxylic acids is 1. The van der Waals surface area contributed by atoms with Crippen LogP contribution in [0, 0.1) is 0 Å². The van der Waals surface area contributed by atoms with Crippen molar-refractivity contribution < 1.29 is 4.79 Å². The number of guanidine groups is 1. The summed E-state index contributed by atoms with van der Waals surface area (Å²) >= 11 is 0. The molecule has 0 saturated heterocycles. The average molecular weight is 412 g/mol. The molecule has 0 saturated carbocycles. The molecule has 0 radical (unpaired) electrons. The maximum Gasteiger partial charge on any atom is 0.222 e. The van der Waals surface area contributed by atoms with E-state index in [0.717, 1.165) is 31.9 Å². The van der Waals surface area contributed by atoms with E-state index in [-0.39, 0.29) is 35.9 Å². The van der Waals surface area contributed by atoms with Crippen LogP contribution in [-0.4, -0.2) is 49.5 Å². The van der Waals surface area contributed by atoms with Crippen LogP contribution in [0.25, 0.3) is 0 Å². The van der Waals surface area contributed by atoms with Gasteiger partial charge in [-0.15, -0.1) is 24.0 Å². The van der Waals surface area contributed by atoms with Crippen LogP contribution in [-0.2, 0) is 4.79 Å². The molecule has 1 atom stereocenters. The molecule has 0 bridgehead atoms. The highest BCUT2D eigenvalue weighted by Crippen LogP contribution is 1.95. The van der Waals surface area contributed by atoms with Crippen LogP contribution in [0.3, 0.4) is 0 Å². The average Bonchev–Trinajstić information content (AvgIpc) is 2.43. The van der Waals surface area contributed by atoms with Crippen LogP contribution in [0.15, 0.2) is 4.99 Å². The first-order valence-electron chi connectivity index (χ1n) is 7.83. The summed E-state index contributed by atoms with van der Waals surface area (Å²) in [6.07, 6.45) is 3.72. The van der Waals surface area contributed by atoms with Crippen LogP contribution >= 0.6 is 24.0 Å². The maximum atomic E-state index is 11.7. The lowest BCUT2D eigenvalue weighted by Crippen LogP contribution is -2.39. The number of aliphatic imine (C=N–C) groups is 1. The number of amides is 1. The molecule has 0 spiro atoms. The third-order valence-electron chi connectivity index (χ3n) is 3.16. The number of unbranched alkanes of at least 4 members (excludes halogenated alkanes) is 1. The summed E-state index contributed by atoms with van der Waals surface area (Å²) in [4.78, 5) is 18.3. The molecule has 0 aliphatic carbocycles. The van der Waals surface area contributed by atoms with Gasteiger partial charge in [0.05, 0.1) is 6.54 Å². The Labute approximate surface area is 147 Å². The molecule has 126 valence electrons. The summed E-state index contributed by atoms with van der Waals surface area (Å²) < 4.78 is 0. The van der Waals surface area contributed by atoms with Crippen molar-refractivity contribution in [3.05, 3.63) is 0 Å². The maximum absolute atomic E-state index is 11.7. The number of hydrogen-bond acceptors (Lipinski definition) is 2. The molecule has 0 heterocycles. The number of hydrogen-bond donors (Lipinski definition) is 2. The zero-order valence-electron chi connectivity index (χ0n) is 14.2. The van der Waals surface area contributed by atoms with E-state index in [2.05, 4.69) is 41.3 Å². The monoisotopic (exact) mass is 412 g/mol. The minimum atomic E-state index is 0. The van der Waals surface area contributed by atoms with Crippen molar-refractivity contribution in [2.45, 2.75) is 59.4 Å². The minimum Gasteiger partial charge on any atom is -0.357 e. The Morgan fingerprint density at radius 1 is 1.29 bits per heavy atom. The second kappa shape index (κ2) is 14.4. The zero-order valence-corrected chi connectivity index (χ0v) is 16.6. The summed E-state index contributed by atoms with van der Waals surface area (Å²) in [6, 6.07) is 0.243. The Bertz CT molecular complexity index is 297. The third-order valence-corrected chi connectivity index (χ3v) is 3.16. The van der Waals surface area contributed by atoms with E-state index in [1.165, 1.54) is 6.42 Å². The van der Waals surface area contributed by atoms with Gasteiger partial charge in [0.25, 0.3) is 0 Å². The van der Waals surface area contributed by atoms with Crippen LogP contribution in [0.4, 0.5) is 0 Å². The van der Waals surface area contributed by atoms with Gasteiger partial charge in [0, 0.05) is 32.6 Å². The molecule has 0 aromatic heterocycles. The predicted octanol–water partition coefficient (Wildman–Crippen LogP) is 2.61. The van der Waals surface area contributed by atoms with Gasteiger partial charge >= 0.3 is 0 Å². The van der Waals surface area contributed by atoms with Crippen molar-refractivity contribution in [3.63, 3.8) is 0 Å². The summed E-state index contributed by atoms with van der Waals surface area (Å²) in [7, 11) is 2.04. The van der Waals surface area contributed by atoms with E-state index in [1.54, 1.807) is 0 Å². The van der Waals surface area contributed by atoms with Gasteiger partial charge in [0.2, 0.25) is 5.91 Å². The molecule has 2 N–H and O–H groups in total. The first-order valence-corrected chi connectivity index (χ1v) is 7.83. The lowest BCUT2D eigenvalue weighted by Gasteiger charge is -2.21. The van der Waals surface area contributed by atoms with Crippen molar-refractivity contribution in [3.8, 4) is 0 Å². The van der Waals surface area contributed by atoms with Gasteiger partial charge in [-0.2, -0.15) is 0 Å². The number of rotatable bonds is 9. The summed E-state index contributed by atoms with van der Waals surface area (Å²) in [5.74, 6) is 0.965. The van der Waals surface area contributed by atoms with E-state index in [0.29, 0.717) is 13.0 Å². The minimum absolute atomic E-state index is 0. The first-order chi connectivity index (χ1) is 9.54. The van der Waals surface area contributed by atoms with Crippen LogP contribution in [0.5, 0.6) is 0 Å². The Morgan fingerprint density at radius 2 is 1.95 bits per heavy atom. The SMILES string of the molecule is CCCCN(C)C(=NCCC(=O)NC(C)CC)NCC.I. The van der Waals surface area contributed by atoms with Gasteiger partial charge < -0.3 is 15.5 Å². The fourth-order valence-electron chi connectivity index (χ4n) is 1.68. The van der Waals surface area contributed by atoms with E-state index < -0.39 is 0 Å². The first kappa shape index (κ1) is 22.7. The number of halogens is 1. The highest BCUT2D eigenvalue weighted by atomic mass is 127. The quantitative estimate of drug-likeness (QED) is 0.348. The van der Waals surface area contributed by atoms with Crippen molar-refractivity contribution in [2.75, 3.05) is 26.7 Å². The van der Waals surface area contributed by atoms with Crippen molar-refractivity contribution >= 4 is 35.8 Å². The molecule has 0 aliphatic heterocycles.